The smallest absolute Gasteiger partial charge is 0.0373 e. The first-order valence-electron chi connectivity index (χ1n) is 5.05. The topological polar surface area (TPSA) is 64.1 Å². The molecule has 0 aliphatic heterocycles. The SMILES string of the molecule is CCc1ccccc1NCC(N)CN. The summed E-state index contributed by atoms with van der Waals surface area (Å²) in [6.45, 7) is 3.39. The maximum atomic E-state index is 5.72. The van der Waals surface area contributed by atoms with E-state index in [4.69, 9.17) is 11.5 Å². The molecule has 0 saturated heterocycles. The van der Waals surface area contributed by atoms with Crippen LogP contribution in [-0.2, 0) is 6.42 Å². The fourth-order valence-electron chi connectivity index (χ4n) is 1.33. The zero-order chi connectivity index (χ0) is 10.4. The Hall–Kier alpha value is -1.06. The lowest BCUT2D eigenvalue weighted by molar-refractivity contribution is 0.713. The normalized spacial score (nSPS) is 12.5. The van der Waals surface area contributed by atoms with Crippen LogP contribution in [0.5, 0.6) is 0 Å². The number of para-hydroxylation sites is 1. The molecule has 1 unspecified atom stereocenters. The predicted octanol–water partition coefficient (Wildman–Crippen LogP) is 0.947. The Bertz CT molecular complexity index is 273. The molecule has 1 aromatic rings. The first kappa shape index (κ1) is 11.0. The number of hydrogen-bond donors (Lipinski definition) is 3. The number of nitrogens with one attached hydrogen (secondary N) is 1. The van der Waals surface area contributed by atoms with E-state index in [0.29, 0.717) is 6.54 Å². The highest BCUT2D eigenvalue weighted by atomic mass is 14.9. The lowest BCUT2D eigenvalue weighted by Gasteiger charge is -2.14. The molecule has 3 nitrogen and oxygen atoms in total. The van der Waals surface area contributed by atoms with Gasteiger partial charge in [-0.1, -0.05) is 25.1 Å². The molecule has 3 heteroatoms. The highest BCUT2D eigenvalue weighted by molar-refractivity contribution is 5.51. The van der Waals surface area contributed by atoms with E-state index >= 15 is 0 Å². The first-order valence-corrected chi connectivity index (χ1v) is 5.05. The Balaban J connectivity index is 2.57. The summed E-state index contributed by atoms with van der Waals surface area (Å²) in [6.07, 6.45) is 1.03. The molecule has 0 aromatic heterocycles. The summed E-state index contributed by atoms with van der Waals surface area (Å²) in [6, 6.07) is 8.29. The van der Waals surface area contributed by atoms with E-state index in [1.54, 1.807) is 0 Å². The predicted molar refractivity (Wildman–Crippen MR) is 61.3 cm³/mol. The van der Waals surface area contributed by atoms with Gasteiger partial charge in [0.15, 0.2) is 0 Å². The number of anilines is 1. The summed E-state index contributed by atoms with van der Waals surface area (Å²) >= 11 is 0. The van der Waals surface area contributed by atoms with Crippen LogP contribution in [-0.4, -0.2) is 19.1 Å². The molecule has 14 heavy (non-hydrogen) atoms. The maximum absolute atomic E-state index is 5.72. The largest absolute Gasteiger partial charge is 0.383 e. The van der Waals surface area contributed by atoms with Gasteiger partial charge >= 0.3 is 0 Å². The Kier molecular flexibility index (Phi) is 4.43. The Morgan fingerprint density at radius 3 is 2.71 bits per heavy atom. The van der Waals surface area contributed by atoms with Crippen LogP contribution in [0.25, 0.3) is 0 Å². The van der Waals surface area contributed by atoms with Crippen molar-refractivity contribution in [3.63, 3.8) is 0 Å². The number of aryl methyl sites for hydroxylation is 1. The summed E-state index contributed by atoms with van der Waals surface area (Å²) in [7, 11) is 0. The van der Waals surface area contributed by atoms with E-state index in [0.717, 1.165) is 13.0 Å². The number of benzene rings is 1. The molecule has 0 aliphatic rings. The molecular weight excluding hydrogens is 174 g/mol. The Labute approximate surface area is 85.5 Å². The first-order chi connectivity index (χ1) is 6.77. The molecule has 0 radical (unpaired) electrons. The van der Waals surface area contributed by atoms with Crippen LogP contribution in [0.1, 0.15) is 12.5 Å². The van der Waals surface area contributed by atoms with Gasteiger partial charge < -0.3 is 16.8 Å². The van der Waals surface area contributed by atoms with E-state index in [1.165, 1.54) is 11.3 Å². The molecule has 0 saturated carbocycles. The minimum Gasteiger partial charge on any atom is -0.383 e. The van der Waals surface area contributed by atoms with Crippen molar-refractivity contribution in [3.05, 3.63) is 29.8 Å². The Morgan fingerprint density at radius 1 is 1.36 bits per heavy atom. The lowest BCUT2D eigenvalue weighted by atomic mass is 10.1. The molecule has 0 bridgehead atoms. The third kappa shape index (κ3) is 3.01. The van der Waals surface area contributed by atoms with Crippen LogP contribution >= 0.6 is 0 Å². The van der Waals surface area contributed by atoms with Gasteiger partial charge in [-0.2, -0.15) is 0 Å². The summed E-state index contributed by atoms with van der Waals surface area (Å²) in [5.74, 6) is 0. The summed E-state index contributed by atoms with van der Waals surface area (Å²) < 4.78 is 0. The van der Waals surface area contributed by atoms with Crippen molar-refractivity contribution in [1.29, 1.82) is 0 Å². The number of hydrogen-bond acceptors (Lipinski definition) is 3. The standard InChI is InChI=1S/C11H19N3/c1-2-9-5-3-4-6-11(9)14-8-10(13)7-12/h3-6,10,14H,2,7-8,12-13H2,1H3. The second-order valence-electron chi connectivity index (χ2n) is 3.39. The molecule has 0 amide bonds. The monoisotopic (exact) mass is 193 g/mol. The second kappa shape index (κ2) is 5.62. The van der Waals surface area contributed by atoms with Crippen LogP contribution in [0.4, 0.5) is 5.69 Å². The molecule has 5 N–H and O–H groups in total. The van der Waals surface area contributed by atoms with Crippen LogP contribution in [0.3, 0.4) is 0 Å². The van der Waals surface area contributed by atoms with Crippen molar-refractivity contribution in [2.75, 3.05) is 18.4 Å². The van der Waals surface area contributed by atoms with Crippen molar-refractivity contribution in [1.82, 2.24) is 0 Å². The minimum absolute atomic E-state index is 0.0277. The average molecular weight is 193 g/mol. The molecule has 0 fully saturated rings. The van der Waals surface area contributed by atoms with Gasteiger partial charge in [0.2, 0.25) is 0 Å². The number of rotatable bonds is 5. The van der Waals surface area contributed by atoms with E-state index in [-0.39, 0.29) is 6.04 Å². The fourth-order valence-corrected chi connectivity index (χ4v) is 1.33. The third-order valence-corrected chi connectivity index (χ3v) is 2.26. The molecule has 78 valence electrons. The summed E-state index contributed by atoms with van der Waals surface area (Å²) in [4.78, 5) is 0. The maximum Gasteiger partial charge on any atom is 0.0373 e. The molecule has 1 rings (SSSR count). The molecule has 0 spiro atoms. The van der Waals surface area contributed by atoms with Gasteiger partial charge in [0, 0.05) is 24.8 Å². The van der Waals surface area contributed by atoms with Crippen LogP contribution in [0.15, 0.2) is 24.3 Å². The van der Waals surface area contributed by atoms with E-state index in [1.807, 2.05) is 12.1 Å². The summed E-state index contributed by atoms with van der Waals surface area (Å²) in [5.41, 5.74) is 13.6. The van der Waals surface area contributed by atoms with Gasteiger partial charge in [0.05, 0.1) is 0 Å². The fraction of sp³-hybridized carbons (Fsp3) is 0.455. The van der Waals surface area contributed by atoms with Gasteiger partial charge in [-0.25, -0.2) is 0 Å². The zero-order valence-electron chi connectivity index (χ0n) is 8.66. The zero-order valence-corrected chi connectivity index (χ0v) is 8.66. The molecule has 0 heterocycles. The van der Waals surface area contributed by atoms with Crippen molar-refractivity contribution in [2.24, 2.45) is 11.5 Å². The third-order valence-electron chi connectivity index (χ3n) is 2.26. The minimum atomic E-state index is 0.0277. The quantitative estimate of drug-likeness (QED) is 0.652. The highest BCUT2D eigenvalue weighted by Crippen LogP contribution is 2.14. The van der Waals surface area contributed by atoms with Crippen molar-refractivity contribution in [2.45, 2.75) is 19.4 Å². The molecule has 0 aliphatic carbocycles. The van der Waals surface area contributed by atoms with E-state index in [2.05, 4.69) is 24.4 Å². The van der Waals surface area contributed by atoms with Crippen molar-refractivity contribution < 1.29 is 0 Å². The number of nitrogens with two attached hydrogens (primary N) is 2. The lowest BCUT2D eigenvalue weighted by Crippen LogP contribution is -2.36. The summed E-state index contributed by atoms with van der Waals surface area (Å²) in [5, 5.41) is 3.31. The van der Waals surface area contributed by atoms with Crippen molar-refractivity contribution >= 4 is 5.69 Å². The molecule has 1 atom stereocenters. The van der Waals surface area contributed by atoms with E-state index < -0.39 is 0 Å². The Morgan fingerprint density at radius 2 is 2.07 bits per heavy atom. The van der Waals surface area contributed by atoms with Gasteiger partial charge in [-0.3, -0.25) is 0 Å². The van der Waals surface area contributed by atoms with Gasteiger partial charge in [-0.05, 0) is 18.1 Å². The average Bonchev–Trinajstić information content (AvgIpc) is 2.26. The molecule has 1 aromatic carbocycles. The van der Waals surface area contributed by atoms with Crippen LogP contribution in [0.2, 0.25) is 0 Å². The second-order valence-corrected chi connectivity index (χ2v) is 3.39. The van der Waals surface area contributed by atoms with Crippen LogP contribution < -0.4 is 16.8 Å². The van der Waals surface area contributed by atoms with Gasteiger partial charge in [-0.15, -0.1) is 0 Å². The highest BCUT2D eigenvalue weighted by Gasteiger charge is 2.01. The molecular formula is C11H19N3. The van der Waals surface area contributed by atoms with E-state index in [9.17, 15) is 0 Å². The van der Waals surface area contributed by atoms with Gasteiger partial charge in [0.1, 0.15) is 0 Å². The van der Waals surface area contributed by atoms with Crippen LogP contribution in [0, 0.1) is 0 Å². The van der Waals surface area contributed by atoms with Gasteiger partial charge in [0.25, 0.3) is 0 Å². The van der Waals surface area contributed by atoms with Crippen molar-refractivity contribution in [3.8, 4) is 0 Å².